The summed E-state index contributed by atoms with van der Waals surface area (Å²) in [5.41, 5.74) is 8.15. The second-order valence-corrected chi connectivity index (χ2v) is 6.15. The fraction of sp³-hybridized carbons (Fsp3) is 0.250. The van der Waals surface area contributed by atoms with Gasteiger partial charge in [-0.05, 0) is 41.8 Å². The second-order valence-electron chi connectivity index (χ2n) is 4.93. The first-order valence-electron chi connectivity index (χ1n) is 6.53. The van der Waals surface area contributed by atoms with Gasteiger partial charge in [0.2, 0.25) is 0 Å². The first kappa shape index (κ1) is 16.6. The highest BCUT2D eigenvalue weighted by Gasteiger charge is 2.26. The summed E-state index contributed by atoms with van der Waals surface area (Å²) in [6.45, 7) is 2.12. The number of aryl methyl sites for hydroxylation is 1. The minimum atomic E-state index is -0.802. The normalized spacial score (nSPS) is 14.0. The van der Waals surface area contributed by atoms with Crippen LogP contribution in [0.4, 0.5) is 0 Å². The van der Waals surface area contributed by atoms with Gasteiger partial charge in [-0.15, -0.1) is 0 Å². The molecule has 2 unspecified atom stereocenters. The van der Waals surface area contributed by atoms with Crippen molar-refractivity contribution >= 4 is 34.8 Å². The van der Waals surface area contributed by atoms with E-state index in [-0.39, 0.29) is 12.5 Å². The number of halogens is 3. The molecule has 0 bridgehead atoms. The Morgan fingerprint density at radius 2 is 1.67 bits per heavy atom. The molecule has 2 atom stereocenters. The van der Waals surface area contributed by atoms with Gasteiger partial charge >= 0.3 is 0 Å². The average Bonchev–Trinajstić information content (AvgIpc) is 2.45. The van der Waals surface area contributed by atoms with Crippen LogP contribution in [0.3, 0.4) is 0 Å². The largest absolute Gasteiger partial charge is 0.388 e. The molecular formula is C16H16Cl3NO. The fourth-order valence-electron chi connectivity index (χ4n) is 2.35. The van der Waals surface area contributed by atoms with E-state index in [9.17, 15) is 5.11 Å². The Morgan fingerprint density at radius 1 is 1.05 bits per heavy atom. The van der Waals surface area contributed by atoms with E-state index in [0.717, 1.165) is 11.1 Å². The lowest BCUT2D eigenvalue weighted by Crippen LogP contribution is -2.21. The standard InChI is InChI=1S/C16H16Cl3NO/c1-9-7-10(5-6-12(9)17)16(21)11(8-20)15-13(18)3-2-4-14(15)19/h2-7,11,16,21H,8,20H2,1H3. The summed E-state index contributed by atoms with van der Waals surface area (Å²) in [5.74, 6) is -0.383. The second kappa shape index (κ2) is 6.99. The summed E-state index contributed by atoms with van der Waals surface area (Å²) in [4.78, 5) is 0. The molecule has 0 aliphatic carbocycles. The number of nitrogens with two attached hydrogens (primary N) is 1. The lowest BCUT2D eigenvalue weighted by atomic mass is 9.88. The summed E-state index contributed by atoms with van der Waals surface area (Å²) in [5, 5.41) is 12.3. The molecule has 0 fully saturated rings. The zero-order valence-electron chi connectivity index (χ0n) is 11.5. The highest BCUT2D eigenvalue weighted by Crippen LogP contribution is 2.38. The molecule has 0 spiro atoms. The predicted molar refractivity (Wildman–Crippen MR) is 89.4 cm³/mol. The Labute approximate surface area is 139 Å². The van der Waals surface area contributed by atoms with Crippen molar-refractivity contribution in [2.24, 2.45) is 5.73 Å². The summed E-state index contributed by atoms with van der Waals surface area (Å²) in [7, 11) is 0. The summed E-state index contributed by atoms with van der Waals surface area (Å²) >= 11 is 18.5. The van der Waals surface area contributed by atoms with Gasteiger partial charge in [0.1, 0.15) is 0 Å². The van der Waals surface area contributed by atoms with Crippen LogP contribution in [0.5, 0.6) is 0 Å². The van der Waals surface area contributed by atoms with Gasteiger partial charge in [-0.2, -0.15) is 0 Å². The molecular weight excluding hydrogens is 329 g/mol. The molecule has 0 heterocycles. The Morgan fingerprint density at radius 3 is 2.19 bits per heavy atom. The highest BCUT2D eigenvalue weighted by atomic mass is 35.5. The van der Waals surface area contributed by atoms with Crippen molar-refractivity contribution < 1.29 is 5.11 Å². The van der Waals surface area contributed by atoms with E-state index in [1.165, 1.54) is 0 Å². The Bertz CT molecular complexity index is 625. The first-order chi connectivity index (χ1) is 9.95. The lowest BCUT2D eigenvalue weighted by molar-refractivity contribution is 0.147. The van der Waals surface area contributed by atoms with E-state index in [0.29, 0.717) is 20.6 Å². The molecule has 3 N–H and O–H groups in total. The molecule has 0 saturated carbocycles. The minimum Gasteiger partial charge on any atom is -0.388 e. The molecule has 0 aromatic heterocycles. The molecule has 2 aromatic carbocycles. The molecule has 112 valence electrons. The monoisotopic (exact) mass is 343 g/mol. The summed E-state index contributed by atoms with van der Waals surface area (Å²) < 4.78 is 0. The van der Waals surface area contributed by atoms with Crippen molar-refractivity contribution in [2.45, 2.75) is 18.9 Å². The van der Waals surface area contributed by atoms with Crippen molar-refractivity contribution in [2.75, 3.05) is 6.54 Å². The zero-order valence-corrected chi connectivity index (χ0v) is 13.8. The van der Waals surface area contributed by atoms with Crippen molar-refractivity contribution in [3.63, 3.8) is 0 Å². The number of aliphatic hydroxyl groups is 1. The minimum absolute atomic E-state index is 0.228. The van der Waals surface area contributed by atoms with Crippen LogP contribution in [0.25, 0.3) is 0 Å². The van der Waals surface area contributed by atoms with Gasteiger partial charge in [0.15, 0.2) is 0 Å². The maximum atomic E-state index is 10.7. The summed E-state index contributed by atoms with van der Waals surface area (Å²) in [6, 6.07) is 10.6. The zero-order chi connectivity index (χ0) is 15.6. The maximum Gasteiger partial charge on any atom is 0.0871 e. The Kier molecular flexibility index (Phi) is 5.53. The number of hydrogen-bond donors (Lipinski definition) is 2. The van der Waals surface area contributed by atoms with Gasteiger partial charge in [-0.1, -0.05) is 53.0 Å². The van der Waals surface area contributed by atoms with Gasteiger partial charge in [0, 0.05) is 27.5 Å². The molecule has 21 heavy (non-hydrogen) atoms. The fourth-order valence-corrected chi connectivity index (χ4v) is 3.15. The maximum absolute atomic E-state index is 10.7. The van der Waals surface area contributed by atoms with Crippen LogP contribution < -0.4 is 5.73 Å². The van der Waals surface area contributed by atoms with Gasteiger partial charge in [-0.3, -0.25) is 0 Å². The van der Waals surface area contributed by atoms with Gasteiger partial charge in [0.25, 0.3) is 0 Å². The molecule has 2 rings (SSSR count). The summed E-state index contributed by atoms with van der Waals surface area (Å²) in [6.07, 6.45) is -0.802. The van der Waals surface area contributed by atoms with Gasteiger partial charge in [-0.25, -0.2) is 0 Å². The lowest BCUT2D eigenvalue weighted by Gasteiger charge is -2.24. The smallest absolute Gasteiger partial charge is 0.0871 e. The molecule has 0 radical (unpaired) electrons. The first-order valence-corrected chi connectivity index (χ1v) is 7.67. The quantitative estimate of drug-likeness (QED) is 0.842. The molecule has 2 aromatic rings. The molecule has 0 aliphatic heterocycles. The van der Waals surface area contributed by atoms with Gasteiger partial charge in [0.05, 0.1) is 6.10 Å². The Balaban J connectivity index is 2.43. The third kappa shape index (κ3) is 3.53. The molecule has 0 saturated heterocycles. The third-order valence-electron chi connectivity index (χ3n) is 3.53. The van der Waals surface area contributed by atoms with Crippen molar-refractivity contribution in [3.05, 3.63) is 68.2 Å². The average molecular weight is 345 g/mol. The van der Waals surface area contributed by atoms with E-state index >= 15 is 0 Å². The van der Waals surface area contributed by atoms with E-state index in [2.05, 4.69) is 0 Å². The van der Waals surface area contributed by atoms with Crippen molar-refractivity contribution in [1.29, 1.82) is 0 Å². The molecule has 0 amide bonds. The SMILES string of the molecule is Cc1cc(C(O)C(CN)c2c(Cl)cccc2Cl)ccc1Cl. The van der Waals surface area contributed by atoms with Crippen molar-refractivity contribution in [1.82, 2.24) is 0 Å². The van der Waals surface area contributed by atoms with Gasteiger partial charge < -0.3 is 10.8 Å². The number of rotatable bonds is 4. The van der Waals surface area contributed by atoms with Crippen LogP contribution in [0, 0.1) is 6.92 Å². The third-order valence-corrected chi connectivity index (χ3v) is 4.61. The highest BCUT2D eigenvalue weighted by molar-refractivity contribution is 6.36. The van der Waals surface area contributed by atoms with Crippen molar-refractivity contribution in [3.8, 4) is 0 Å². The van der Waals surface area contributed by atoms with Crippen LogP contribution in [-0.2, 0) is 0 Å². The topological polar surface area (TPSA) is 46.2 Å². The molecule has 5 heteroatoms. The van der Waals surface area contributed by atoms with Crippen LogP contribution in [0.2, 0.25) is 15.1 Å². The van der Waals surface area contributed by atoms with Crippen LogP contribution in [-0.4, -0.2) is 11.7 Å². The van der Waals surface area contributed by atoms with Crippen LogP contribution in [0.15, 0.2) is 36.4 Å². The Hall–Kier alpha value is -0.770. The van der Waals surface area contributed by atoms with Crippen LogP contribution in [0.1, 0.15) is 28.7 Å². The molecule has 2 nitrogen and oxygen atoms in total. The van der Waals surface area contributed by atoms with E-state index in [1.54, 1.807) is 30.3 Å². The number of aliphatic hydroxyl groups excluding tert-OH is 1. The number of hydrogen-bond acceptors (Lipinski definition) is 2. The number of benzene rings is 2. The van der Waals surface area contributed by atoms with E-state index in [1.807, 2.05) is 13.0 Å². The predicted octanol–water partition coefficient (Wildman–Crippen LogP) is 4.73. The van der Waals surface area contributed by atoms with Crippen LogP contribution >= 0.6 is 34.8 Å². The van der Waals surface area contributed by atoms with E-state index in [4.69, 9.17) is 40.5 Å². The molecule has 0 aliphatic rings. The van der Waals surface area contributed by atoms with E-state index < -0.39 is 6.10 Å².